The van der Waals surface area contributed by atoms with Gasteiger partial charge in [0.25, 0.3) is 0 Å². The second kappa shape index (κ2) is 7.85. The molecule has 0 aliphatic carbocycles. The van der Waals surface area contributed by atoms with Gasteiger partial charge in [-0.2, -0.15) is 0 Å². The lowest BCUT2D eigenvalue weighted by atomic mass is 10.1. The number of ether oxygens (including phenoxy) is 2. The van der Waals surface area contributed by atoms with E-state index < -0.39 is 0 Å². The van der Waals surface area contributed by atoms with Crippen LogP contribution in [0.25, 0.3) is 5.57 Å². The van der Waals surface area contributed by atoms with Crippen LogP contribution < -0.4 is 14.8 Å². The molecule has 1 N–H and O–H groups in total. The van der Waals surface area contributed by atoms with Crippen molar-refractivity contribution in [2.45, 2.75) is 33.2 Å². The second-order valence-electron chi connectivity index (χ2n) is 4.89. The van der Waals surface area contributed by atoms with E-state index in [9.17, 15) is 0 Å². The summed E-state index contributed by atoms with van der Waals surface area (Å²) in [6, 6.07) is 6.48. The van der Waals surface area contributed by atoms with Crippen molar-refractivity contribution in [2.24, 2.45) is 0 Å². The molecule has 0 heterocycles. The van der Waals surface area contributed by atoms with E-state index in [0.717, 1.165) is 30.0 Å². The fourth-order valence-electron chi connectivity index (χ4n) is 1.81. The zero-order valence-corrected chi connectivity index (χ0v) is 12.6. The van der Waals surface area contributed by atoms with Gasteiger partial charge in [-0.05, 0) is 43.2 Å². The summed E-state index contributed by atoms with van der Waals surface area (Å²) in [6.07, 6.45) is 3.26. The SMILES string of the molecule is COc1cc(OC)cc(C(C)=CCCNC(C)C)c1. The van der Waals surface area contributed by atoms with Crippen molar-refractivity contribution in [1.82, 2.24) is 5.32 Å². The average Bonchev–Trinajstić information content (AvgIpc) is 2.42. The highest BCUT2D eigenvalue weighted by atomic mass is 16.5. The molecular formula is C16H25NO2. The lowest BCUT2D eigenvalue weighted by Crippen LogP contribution is -2.23. The minimum Gasteiger partial charge on any atom is -0.497 e. The first kappa shape index (κ1) is 15.6. The quantitative estimate of drug-likeness (QED) is 0.764. The van der Waals surface area contributed by atoms with Crippen molar-refractivity contribution in [3.05, 3.63) is 29.8 Å². The fraction of sp³-hybridized carbons (Fsp3) is 0.500. The summed E-state index contributed by atoms with van der Waals surface area (Å²) in [5.41, 5.74) is 2.38. The summed E-state index contributed by atoms with van der Waals surface area (Å²) in [5.74, 6) is 1.64. The number of allylic oxidation sites excluding steroid dienone is 1. The molecule has 0 amide bonds. The Morgan fingerprint density at radius 3 is 2.21 bits per heavy atom. The molecule has 1 aromatic rings. The molecule has 0 aromatic heterocycles. The zero-order valence-electron chi connectivity index (χ0n) is 12.6. The third-order valence-corrected chi connectivity index (χ3v) is 2.95. The van der Waals surface area contributed by atoms with Gasteiger partial charge in [-0.15, -0.1) is 0 Å². The highest BCUT2D eigenvalue weighted by Gasteiger charge is 2.03. The largest absolute Gasteiger partial charge is 0.497 e. The molecule has 0 atom stereocenters. The molecule has 0 unspecified atom stereocenters. The van der Waals surface area contributed by atoms with Crippen LogP contribution >= 0.6 is 0 Å². The number of benzene rings is 1. The van der Waals surface area contributed by atoms with Gasteiger partial charge in [-0.25, -0.2) is 0 Å². The summed E-state index contributed by atoms with van der Waals surface area (Å²) < 4.78 is 10.6. The van der Waals surface area contributed by atoms with Gasteiger partial charge < -0.3 is 14.8 Å². The van der Waals surface area contributed by atoms with Crippen LogP contribution in [0.15, 0.2) is 24.3 Å². The molecule has 0 aliphatic heterocycles. The predicted octanol–water partition coefficient (Wildman–Crippen LogP) is 3.50. The topological polar surface area (TPSA) is 30.5 Å². The highest BCUT2D eigenvalue weighted by Crippen LogP contribution is 2.26. The van der Waals surface area contributed by atoms with E-state index in [-0.39, 0.29) is 0 Å². The molecule has 0 bridgehead atoms. The summed E-state index contributed by atoms with van der Waals surface area (Å²) in [4.78, 5) is 0. The molecule has 19 heavy (non-hydrogen) atoms. The zero-order chi connectivity index (χ0) is 14.3. The monoisotopic (exact) mass is 263 g/mol. The van der Waals surface area contributed by atoms with E-state index in [4.69, 9.17) is 9.47 Å². The molecular weight excluding hydrogens is 238 g/mol. The smallest absolute Gasteiger partial charge is 0.123 e. The molecule has 3 heteroatoms. The van der Waals surface area contributed by atoms with Crippen molar-refractivity contribution < 1.29 is 9.47 Å². The van der Waals surface area contributed by atoms with Gasteiger partial charge >= 0.3 is 0 Å². The van der Waals surface area contributed by atoms with Gasteiger partial charge in [-0.1, -0.05) is 19.9 Å². The van der Waals surface area contributed by atoms with Crippen molar-refractivity contribution in [3.8, 4) is 11.5 Å². The number of hydrogen-bond acceptors (Lipinski definition) is 3. The van der Waals surface area contributed by atoms with Crippen LogP contribution in [-0.4, -0.2) is 26.8 Å². The maximum absolute atomic E-state index is 5.29. The highest BCUT2D eigenvalue weighted by molar-refractivity contribution is 5.66. The Balaban J connectivity index is 2.74. The average molecular weight is 263 g/mol. The van der Waals surface area contributed by atoms with Gasteiger partial charge in [0, 0.05) is 12.1 Å². The summed E-state index contributed by atoms with van der Waals surface area (Å²) in [7, 11) is 3.34. The van der Waals surface area contributed by atoms with E-state index in [1.807, 2.05) is 18.2 Å². The van der Waals surface area contributed by atoms with E-state index in [0.29, 0.717) is 6.04 Å². The fourth-order valence-corrected chi connectivity index (χ4v) is 1.81. The molecule has 0 aliphatic rings. The van der Waals surface area contributed by atoms with Gasteiger partial charge in [-0.3, -0.25) is 0 Å². The lowest BCUT2D eigenvalue weighted by molar-refractivity contribution is 0.394. The summed E-state index contributed by atoms with van der Waals surface area (Å²) in [5, 5.41) is 3.40. The van der Waals surface area contributed by atoms with Crippen LogP contribution in [0.1, 0.15) is 32.8 Å². The Hall–Kier alpha value is -1.48. The van der Waals surface area contributed by atoms with E-state index in [2.05, 4.69) is 32.2 Å². The maximum atomic E-state index is 5.29. The predicted molar refractivity (Wildman–Crippen MR) is 81.0 cm³/mol. The molecule has 1 aromatic carbocycles. The Morgan fingerprint density at radius 1 is 1.16 bits per heavy atom. The van der Waals surface area contributed by atoms with E-state index in [1.165, 1.54) is 5.57 Å². The first-order valence-electron chi connectivity index (χ1n) is 6.70. The van der Waals surface area contributed by atoms with Gasteiger partial charge in [0.15, 0.2) is 0 Å². The third-order valence-electron chi connectivity index (χ3n) is 2.95. The van der Waals surface area contributed by atoms with Crippen molar-refractivity contribution in [3.63, 3.8) is 0 Å². The standard InChI is InChI=1S/C16H25NO2/c1-12(2)17-8-6-7-13(3)14-9-15(18-4)11-16(10-14)19-5/h7,9-12,17H,6,8H2,1-5H3. The molecule has 3 nitrogen and oxygen atoms in total. The van der Waals surface area contributed by atoms with E-state index in [1.54, 1.807) is 14.2 Å². The normalized spacial score (nSPS) is 11.8. The molecule has 0 spiro atoms. The van der Waals surface area contributed by atoms with Crippen LogP contribution in [0, 0.1) is 0 Å². The Kier molecular flexibility index (Phi) is 6.43. The van der Waals surface area contributed by atoms with E-state index >= 15 is 0 Å². The van der Waals surface area contributed by atoms with Gasteiger partial charge in [0.05, 0.1) is 14.2 Å². The third kappa shape index (κ3) is 5.35. The van der Waals surface area contributed by atoms with Crippen molar-refractivity contribution >= 4 is 5.57 Å². The van der Waals surface area contributed by atoms with Gasteiger partial charge in [0.2, 0.25) is 0 Å². The number of nitrogens with one attached hydrogen (secondary N) is 1. The molecule has 0 saturated carbocycles. The Bertz CT molecular complexity index is 403. The van der Waals surface area contributed by atoms with Crippen LogP contribution in [0.5, 0.6) is 11.5 Å². The molecule has 106 valence electrons. The van der Waals surface area contributed by atoms with Crippen LogP contribution in [0.3, 0.4) is 0 Å². The lowest BCUT2D eigenvalue weighted by Gasteiger charge is -2.09. The molecule has 0 fully saturated rings. The second-order valence-corrected chi connectivity index (χ2v) is 4.89. The summed E-state index contributed by atoms with van der Waals surface area (Å²) in [6.45, 7) is 7.42. The maximum Gasteiger partial charge on any atom is 0.123 e. The summed E-state index contributed by atoms with van der Waals surface area (Å²) >= 11 is 0. The molecule has 0 saturated heterocycles. The Labute approximate surface area is 116 Å². The van der Waals surface area contributed by atoms with Crippen molar-refractivity contribution in [2.75, 3.05) is 20.8 Å². The van der Waals surface area contributed by atoms with Crippen LogP contribution in [0.2, 0.25) is 0 Å². The van der Waals surface area contributed by atoms with Gasteiger partial charge in [0.1, 0.15) is 11.5 Å². The van der Waals surface area contributed by atoms with Crippen LogP contribution in [-0.2, 0) is 0 Å². The first-order chi connectivity index (χ1) is 9.06. The van der Waals surface area contributed by atoms with Crippen molar-refractivity contribution in [1.29, 1.82) is 0 Å². The number of methoxy groups -OCH3 is 2. The molecule has 1 rings (SSSR count). The minimum absolute atomic E-state index is 0.533. The minimum atomic E-state index is 0.533. The first-order valence-corrected chi connectivity index (χ1v) is 6.70. The number of hydrogen-bond donors (Lipinski definition) is 1. The number of rotatable bonds is 7. The van der Waals surface area contributed by atoms with Crippen LogP contribution in [0.4, 0.5) is 0 Å². The molecule has 0 radical (unpaired) electrons. The Morgan fingerprint density at radius 2 is 1.74 bits per heavy atom.